The predicted molar refractivity (Wildman–Crippen MR) is 63.8 cm³/mol. The molecule has 0 aliphatic carbocycles. The minimum absolute atomic E-state index is 0.724. The summed E-state index contributed by atoms with van der Waals surface area (Å²) in [4.78, 5) is 4.36. The Morgan fingerprint density at radius 1 is 1.47 bits per heavy atom. The van der Waals surface area contributed by atoms with E-state index in [-0.39, 0.29) is 0 Å². The van der Waals surface area contributed by atoms with Gasteiger partial charge in [-0.1, -0.05) is 0 Å². The van der Waals surface area contributed by atoms with Crippen molar-refractivity contribution in [1.82, 2.24) is 10.3 Å². The number of rotatable bonds is 4. The molecule has 80 valence electrons. The maximum atomic E-state index is 5.36. The molecule has 0 fully saturated rings. The normalized spacial score (nSPS) is 10.8. The van der Waals surface area contributed by atoms with Gasteiger partial charge in [-0.15, -0.1) is 11.3 Å². The fourth-order valence-electron chi connectivity index (χ4n) is 1.25. The van der Waals surface area contributed by atoms with Gasteiger partial charge in [-0.05, 0) is 35.0 Å². The number of thiazole rings is 1. The molecule has 0 spiro atoms. The molecule has 5 heteroatoms. The highest BCUT2D eigenvalue weighted by Gasteiger charge is 2.00. The van der Waals surface area contributed by atoms with Crippen LogP contribution < -0.4 is 5.32 Å². The van der Waals surface area contributed by atoms with Crippen molar-refractivity contribution in [3.63, 3.8) is 0 Å². The molecule has 3 nitrogen and oxygen atoms in total. The molecule has 1 N–H and O–H groups in total. The summed E-state index contributed by atoms with van der Waals surface area (Å²) in [5, 5.41) is 6.45. The number of hydrogen-bond acceptors (Lipinski definition) is 4. The second-order valence-electron chi connectivity index (χ2n) is 3.17. The van der Waals surface area contributed by atoms with Crippen LogP contribution in [-0.2, 0) is 13.1 Å². The Kier molecular flexibility index (Phi) is 3.56. The first kappa shape index (κ1) is 10.9. The zero-order valence-electron chi connectivity index (χ0n) is 8.29. The van der Waals surface area contributed by atoms with Crippen LogP contribution in [0.15, 0.2) is 26.6 Å². The fraction of sp³-hybridized carbons (Fsp3) is 0.300. The lowest BCUT2D eigenvalue weighted by molar-refractivity contribution is 0.464. The van der Waals surface area contributed by atoms with E-state index in [0.717, 1.165) is 34.2 Å². The van der Waals surface area contributed by atoms with Crippen molar-refractivity contribution in [2.45, 2.75) is 20.0 Å². The van der Waals surface area contributed by atoms with Crippen molar-refractivity contribution in [2.75, 3.05) is 0 Å². The highest BCUT2D eigenvalue weighted by molar-refractivity contribution is 9.10. The molecule has 2 aromatic rings. The van der Waals surface area contributed by atoms with E-state index in [1.807, 2.05) is 19.1 Å². The van der Waals surface area contributed by atoms with E-state index in [9.17, 15) is 0 Å². The first-order valence-electron chi connectivity index (χ1n) is 4.60. The number of furan rings is 1. The topological polar surface area (TPSA) is 38.1 Å². The molecule has 0 unspecified atom stereocenters. The number of nitrogens with zero attached hydrogens (tertiary/aromatic N) is 1. The SMILES string of the molecule is Cc1nc(CNCc2ccc(Br)o2)cs1. The summed E-state index contributed by atoms with van der Waals surface area (Å²) in [5.74, 6) is 0.925. The Balaban J connectivity index is 1.80. The molecule has 0 aliphatic heterocycles. The van der Waals surface area contributed by atoms with Crippen LogP contribution in [0, 0.1) is 6.92 Å². The van der Waals surface area contributed by atoms with Crippen LogP contribution in [0.2, 0.25) is 0 Å². The van der Waals surface area contributed by atoms with Crippen molar-refractivity contribution >= 4 is 27.3 Å². The number of hydrogen-bond donors (Lipinski definition) is 1. The third-order valence-corrected chi connectivity index (χ3v) is 3.15. The number of aryl methyl sites for hydroxylation is 1. The smallest absolute Gasteiger partial charge is 0.169 e. The van der Waals surface area contributed by atoms with Crippen LogP contribution in [0.4, 0.5) is 0 Å². The Morgan fingerprint density at radius 3 is 2.93 bits per heavy atom. The fourth-order valence-corrected chi connectivity index (χ4v) is 2.20. The molecule has 0 atom stereocenters. The van der Waals surface area contributed by atoms with Crippen molar-refractivity contribution in [3.05, 3.63) is 38.6 Å². The van der Waals surface area contributed by atoms with Crippen molar-refractivity contribution < 1.29 is 4.42 Å². The van der Waals surface area contributed by atoms with Gasteiger partial charge in [-0.3, -0.25) is 0 Å². The number of nitrogens with one attached hydrogen (secondary N) is 1. The zero-order chi connectivity index (χ0) is 10.7. The summed E-state index contributed by atoms with van der Waals surface area (Å²) in [5.41, 5.74) is 1.09. The molecule has 0 radical (unpaired) electrons. The molecule has 2 rings (SSSR count). The Morgan fingerprint density at radius 2 is 2.33 bits per heavy atom. The van der Waals surface area contributed by atoms with E-state index in [1.165, 1.54) is 0 Å². The van der Waals surface area contributed by atoms with Gasteiger partial charge in [0.15, 0.2) is 4.67 Å². The lowest BCUT2D eigenvalue weighted by atomic mass is 10.4. The lowest BCUT2D eigenvalue weighted by Gasteiger charge is -1.98. The molecule has 0 saturated heterocycles. The summed E-state index contributed by atoms with van der Waals surface area (Å²) in [7, 11) is 0. The summed E-state index contributed by atoms with van der Waals surface area (Å²) < 4.78 is 6.13. The molecule has 0 bridgehead atoms. The van der Waals surface area contributed by atoms with E-state index >= 15 is 0 Å². The Hall–Kier alpha value is -0.650. The lowest BCUT2D eigenvalue weighted by Crippen LogP contribution is -2.12. The van der Waals surface area contributed by atoms with Crippen LogP contribution in [0.3, 0.4) is 0 Å². The van der Waals surface area contributed by atoms with E-state index in [4.69, 9.17) is 4.42 Å². The number of aromatic nitrogens is 1. The van der Waals surface area contributed by atoms with Gasteiger partial charge in [-0.2, -0.15) is 0 Å². The average Bonchev–Trinajstić information content (AvgIpc) is 2.76. The van der Waals surface area contributed by atoms with Crippen molar-refractivity contribution in [3.8, 4) is 0 Å². The van der Waals surface area contributed by atoms with Gasteiger partial charge in [0.1, 0.15) is 5.76 Å². The largest absolute Gasteiger partial charge is 0.453 e. The second kappa shape index (κ2) is 4.92. The highest BCUT2D eigenvalue weighted by Crippen LogP contribution is 2.14. The standard InChI is InChI=1S/C10H11BrN2OS/c1-7-13-8(6-15-7)4-12-5-9-2-3-10(11)14-9/h2-3,6,12H,4-5H2,1H3. The third kappa shape index (κ3) is 3.15. The quantitative estimate of drug-likeness (QED) is 0.939. The van der Waals surface area contributed by atoms with Gasteiger partial charge in [0.25, 0.3) is 0 Å². The minimum atomic E-state index is 0.724. The molecular formula is C10H11BrN2OS. The molecule has 2 aromatic heterocycles. The molecule has 15 heavy (non-hydrogen) atoms. The molecule has 0 saturated carbocycles. The van der Waals surface area contributed by atoms with Crippen LogP contribution in [-0.4, -0.2) is 4.98 Å². The van der Waals surface area contributed by atoms with Crippen LogP contribution in [0.5, 0.6) is 0 Å². The van der Waals surface area contributed by atoms with E-state index in [2.05, 4.69) is 31.6 Å². The van der Waals surface area contributed by atoms with Crippen molar-refractivity contribution in [1.29, 1.82) is 0 Å². The van der Waals surface area contributed by atoms with Gasteiger partial charge < -0.3 is 9.73 Å². The highest BCUT2D eigenvalue weighted by atomic mass is 79.9. The average molecular weight is 287 g/mol. The summed E-state index contributed by atoms with van der Waals surface area (Å²) in [6, 6.07) is 3.84. The molecule has 0 aliphatic rings. The van der Waals surface area contributed by atoms with Crippen molar-refractivity contribution in [2.24, 2.45) is 0 Å². The van der Waals surface area contributed by atoms with E-state index in [0.29, 0.717) is 0 Å². The minimum Gasteiger partial charge on any atom is -0.453 e. The number of halogens is 1. The second-order valence-corrected chi connectivity index (χ2v) is 5.01. The monoisotopic (exact) mass is 286 g/mol. The summed E-state index contributed by atoms with van der Waals surface area (Å²) in [6.45, 7) is 3.52. The zero-order valence-corrected chi connectivity index (χ0v) is 10.7. The first-order valence-corrected chi connectivity index (χ1v) is 6.27. The molecule has 2 heterocycles. The molecular weight excluding hydrogens is 276 g/mol. The van der Waals surface area contributed by atoms with Crippen LogP contribution in [0.25, 0.3) is 0 Å². The van der Waals surface area contributed by atoms with Crippen LogP contribution in [0.1, 0.15) is 16.5 Å². The molecule has 0 aromatic carbocycles. The Bertz CT molecular complexity index is 398. The maximum Gasteiger partial charge on any atom is 0.169 e. The van der Waals surface area contributed by atoms with E-state index in [1.54, 1.807) is 11.3 Å². The first-order chi connectivity index (χ1) is 7.24. The maximum absolute atomic E-state index is 5.36. The summed E-state index contributed by atoms with van der Waals surface area (Å²) >= 11 is 4.94. The third-order valence-electron chi connectivity index (χ3n) is 1.90. The summed E-state index contributed by atoms with van der Waals surface area (Å²) in [6.07, 6.45) is 0. The van der Waals surface area contributed by atoms with Gasteiger partial charge in [0, 0.05) is 11.9 Å². The van der Waals surface area contributed by atoms with Gasteiger partial charge in [-0.25, -0.2) is 4.98 Å². The Labute approximate surface area is 101 Å². The van der Waals surface area contributed by atoms with Crippen LogP contribution >= 0.6 is 27.3 Å². The van der Waals surface area contributed by atoms with Gasteiger partial charge >= 0.3 is 0 Å². The van der Waals surface area contributed by atoms with Gasteiger partial charge in [0.05, 0.1) is 17.2 Å². The van der Waals surface area contributed by atoms with Gasteiger partial charge in [0.2, 0.25) is 0 Å². The molecule has 0 amide bonds. The predicted octanol–water partition coefficient (Wildman–Crippen LogP) is 3.10. The van der Waals surface area contributed by atoms with E-state index < -0.39 is 0 Å².